The van der Waals surface area contributed by atoms with Gasteiger partial charge in [0.2, 0.25) is 0 Å². The molecule has 82 valence electrons. The highest BCUT2D eigenvalue weighted by atomic mass is 35.5. The molecular weight excluding hydrogens is 227 g/mol. The average molecular weight is 237 g/mol. The first-order valence-corrected chi connectivity index (χ1v) is 5.13. The summed E-state index contributed by atoms with van der Waals surface area (Å²) in [4.78, 5) is 3.90. The van der Waals surface area contributed by atoms with E-state index in [1.807, 2.05) is 6.92 Å². The number of hydrogen-bond donors (Lipinski definition) is 1. The second-order valence-corrected chi connectivity index (χ2v) is 3.98. The van der Waals surface area contributed by atoms with E-state index in [-0.39, 0.29) is 11.6 Å². The van der Waals surface area contributed by atoms with Crippen molar-refractivity contribution in [3.8, 4) is 11.1 Å². The molecule has 0 atom stereocenters. The monoisotopic (exact) mass is 236 g/mol. The third kappa shape index (κ3) is 1.99. The van der Waals surface area contributed by atoms with Crippen molar-refractivity contribution in [2.75, 3.05) is 5.73 Å². The van der Waals surface area contributed by atoms with Crippen molar-refractivity contribution in [1.29, 1.82) is 0 Å². The summed E-state index contributed by atoms with van der Waals surface area (Å²) >= 11 is 5.85. The molecule has 2 nitrogen and oxygen atoms in total. The zero-order valence-electron chi connectivity index (χ0n) is 8.67. The van der Waals surface area contributed by atoms with Gasteiger partial charge in [-0.1, -0.05) is 23.2 Å². The summed E-state index contributed by atoms with van der Waals surface area (Å²) in [5, 5.41) is 0.332. The van der Waals surface area contributed by atoms with E-state index in [4.69, 9.17) is 17.3 Å². The van der Waals surface area contributed by atoms with E-state index >= 15 is 0 Å². The average Bonchev–Trinajstić information content (AvgIpc) is 2.26. The normalized spacial score (nSPS) is 10.4. The second kappa shape index (κ2) is 4.10. The molecular formula is C12H10ClFN2. The number of hydrogen-bond acceptors (Lipinski definition) is 2. The van der Waals surface area contributed by atoms with Gasteiger partial charge in [0.1, 0.15) is 11.6 Å². The predicted molar refractivity (Wildman–Crippen MR) is 63.8 cm³/mol. The number of nitrogens with two attached hydrogens (primary N) is 1. The molecule has 0 fully saturated rings. The van der Waals surface area contributed by atoms with Crippen molar-refractivity contribution in [2.45, 2.75) is 6.92 Å². The number of benzene rings is 1. The van der Waals surface area contributed by atoms with Crippen molar-refractivity contribution < 1.29 is 4.39 Å². The molecule has 0 spiro atoms. The molecule has 4 heteroatoms. The highest BCUT2D eigenvalue weighted by Gasteiger charge is 2.07. The second-order valence-electron chi connectivity index (χ2n) is 3.57. The zero-order valence-corrected chi connectivity index (χ0v) is 9.42. The molecule has 0 radical (unpaired) electrons. The Kier molecular flexibility index (Phi) is 2.79. The Morgan fingerprint density at radius 1 is 1.31 bits per heavy atom. The molecule has 2 N–H and O–H groups in total. The molecule has 1 heterocycles. The molecule has 0 aliphatic heterocycles. The van der Waals surface area contributed by atoms with Crippen LogP contribution in [0.4, 0.5) is 10.2 Å². The summed E-state index contributed by atoms with van der Waals surface area (Å²) < 4.78 is 13.6. The number of aryl methyl sites for hydroxylation is 1. The molecule has 0 unspecified atom stereocenters. The van der Waals surface area contributed by atoms with Gasteiger partial charge in [0, 0.05) is 17.3 Å². The maximum atomic E-state index is 13.6. The van der Waals surface area contributed by atoms with Crippen molar-refractivity contribution in [3.05, 3.63) is 46.9 Å². The highest BCUT2D eigenvalue weighted by molar-refractivity contribution is 6.33. The molecule has 16 heavy (non-hydrogen) atoms. The number of nitrogen functional groups attached to an aromatic ring is 1. The number of anilines is 1. The maximum absolute atomic E-state index is 13.6. The number of nitrogens with zero attached hydrogens (tertiary/aromatic N) is 1. The van der Waals surface area contributed by atoms with E-state index in [0.29, 0.717) is 16.1 Å². The van der Waals surface area contributed by atoms with E-state index in [0.717, 1.165) is 5.56 Å². The lowest BCUT2D eigenvalue weighted by atomic mass is 10.0. The van der Waals surface area contributed by atoms with Gasteiger partial charge < -0.3 is 5.73 Å². The van der Waals surface area contributed by atoms with Crippen LogP contribution in [0.2, 0.25) is 5.02 Å². The van der Waals surface area contributed by atoms with Gasteiger partial charge in [-0.05, 0) is 25.1 Å². The first-order valence-electron chi connectivity index (χ1n) is 4.75. The van der Waals surface area contributed by atoms with Gasteiger partial charge in [0.25, 0.3) is 0 Å². The summed E-state index contributed by atoms with van der Waals surface area (Å²) in [5.41, 5.74) is 7.58. The van der Waals surface area contributed by atoms with Crippen molar-refractivity contribution in [2.24, 2.45) is 0 Å². The van der Waals surface area contributed by atoms with Crippen LogP contribution in [0, 0.1) is 12.7 Å². The first kappa shape index (κ1) is 10.9. The molecule has 1 aromatic heterocycles. The quantitative estimate of drug-likeness (QED) is 0.824. The Hall–Kier alpha value is -1.61. The SMILES string of the molecule is Cc1ccc(F)c(-c2cnc(N)c(Cl)c2)c1. The Morgan fingerprint density at radius 3 is 2.75 bits per heavy atom. The zero-order chi connectivity index (χ0) is 11.7. The number of halogens is 2. The van der Waals surface area contributed by atoms with Crippen molar-refractivity contribution in [3.63, 3.8) is 0 Å². The van der Waals surface area contributed by atoms with Gasteiger partial charge in [-0.2, -0.15) is 0 Å². The summed E-state index contributed by atoms with van der Waals surface area (Å²) in [6.07, 6.45) is 1.51. The maximum Gasteiger partial charge on any atom is 0.142 e. The minimum atomic E-state index is -0.298. The molecule has 0 aliphatic rings. The van der Waals surface area contributed by atoms with Crippen LogP contribution in [-0.4, -0.2) is 4.98 Å². The van der Waals surface area contributed by atoms with Crippen LogP contribution in [0.25, 0.3) is 11.1 Å². The predicted octanol–water partition coefficient (Wildman–Crippen LogP) is 3.43. The van der Waals surface area contributed by atoms with Crippen LogP contribution in [0.3, 0.4) is 0 Å². The molecule has 2 aromatic rings. The molecule has 0 saturated heterocycles. The van der Waals surface area contributed by atoms with E-state index < -0.39 is 0 Å². The molecule has 2 rings (SSSR count). The Labute approximate surface area is 97.9 Å². The van der Waals surface area contributed by atoms with E-state index in [1.54, 1.807) is 18.2 Å². The van der Waals surface area contributed by atoms with E-state index in [9.17, 15) is 4.39 Å². The van der Waals surface area contributed by atoms with Crippen molar-refractivity contribution >= 4 is 17.4 Å². The largest absolute Gasteiger partial charge is 0.382 e. The van der Waals surface area contributed by atoms with Crippen LogP contribution in [0.15, 0.2) is 30.5 Å². The van der Waals surface area contributed by atoms with Crippen LogP contribution < -0.4 is 5.73 Å². The number of rotatable bonds is 1. The molecule has 0 aliphatic carbocycles. The fraction of sp³-hybridized carbons (Fsp3) is 0.0833. The third-order valence-electron chi connectivity index (χ3n) is 2.30. The van der Waals surface area contributed by atoms with Gasteiger partial charge in [0.15, 0.2) is 0 Å². The third-order valence-corrected chi connectivity index (χ3v) is 2.61. The number of pyridine rings is 1. The lowest BCUT2D eigenvalue weighted by Gasteiger charge is -2.06. The smallest absolute Gasteiger partial charge is 0.142 e. The topological polar surface area (TPSA) is 38.9 Å². The van der Waals surface area contributed by atoms with Gasteiger partial charge >= 0.3 is 0 Å². The first-order chi connectivity index (χ1) is 7.58. The van der Waals surface area contributed by atoms with Gasteiger partial charge in [0.05, 0.1) is 5.02 Å². The fourth-order valence-electron chi connectivity index (χ4n) is 1.46. The molecule has 0 amide bonds. The van der Waals surface area contributed by atoms with Crippen LogP contribution >= 0.6 is 11.6 Å². The Morgan fingerprint density at radius 2 is 2.06 bits per heavy atom. The highest BCUT2D eigenvalue weighted by Crippen LogP contribution is 2.27. The van der Waals surface area contributed by atoms with E-state index in [2.05, 4.69) is 4.98 Å². The Bertz CT molecular complexity index is 541. The van der Waals surface area contributed by atoms with Gasteiger partial charge in [-0.25, -0.2) is 9.37 Å². The van der Waals surface area contributed by atoms with Gasteiger partial charge in [-0.3, -0.25) is 0 Å². The lowest BCUT2D eigenvalue weighted by Crippen LogP contribution is -1.93. The summed E-state index contributed by atoms with van der Waals surface area (Å²) in [7, 11) is 0. The van der Waals surface area contributed by atoms with Crippen LogP contribution in [-0.2, 0) is 0 Å². The molecule has 0 bridgehead atoms. The minimum absolute atomic E-state index is 0.249. The fourth-order valence-corrected chi connectivity index (χ4v) is 1.62. The lowest BCUT2D eigenvalue weighted by molar-refractivity contribution is 0.631. The summed E-state index contributed by atoms with van der Waals surface area (Å²) in [5.74, 6) is -0.0493. The minimum Gasteiger partial charge on any atom is -0.382 e. The van der Waals surface area contributed by atoms with E-state index in [1.165, 1.54) is 12.3 Å². The van der Waals surface area contributed by atoms with Crippen molar-refractivity contribution in [1.82, 2.24) is 4.98 Å². The molecule has 0 saturated carbocycles. The van der Waals surface area contributed by atoms with Crippen LogP contribution in [0.1, 0.15) is 5.56 Å². The summed E-state index contributed by atoms with van der Waals surface area (Å²) in [6.45, 7) is 1.90. The summed E-state index contributed by atoms with van der Waals surface area (Å²) in [6, 6.07) is 6.50. The Balaban J connectivity index is 2.58. The standard InChI is InChI=1S/C12H10ClFN2/c1-7-2-3-11(14)9(4-7)8-5-10(13)12(15)16-6-8/h2-6H,1H3,(H2,15,16). The molecule has 1 aromatic carbocycles. The van der Waals surface area contributed by atoms with Gasteiger partial charge in [-0.15, -0.1) is 0 Å². The van der Waals surface area contributed by atoms with Crippen LogP contribution in [0.5, 0.6) is 0 Å². The number of aromatic nitrogens is 1.